The third kappa shape index (κ3) is 2.97. The molecular weight excluding hydrogens is 366 g/mol. The third-order valence-corrected chi connectivity index (χ3v) is 5.94. The minimum atomic E-state index is -0.454. The Morgan fingerprint density at radius 1 is 1.03 bits per heavy atom. The summed E-state index contributed by atoms with van der Waals surface area (Å²) in [6.45, 7) is 5.13. The first-order valence-corrected chi connectivity index (χ1v) is 10.1. The van der Waals surface area contributed by atoms with Crippen LogP contribution >= 0.6 is 0 Å². The summed E-state index contributed by atoms with van der Waals surface area (Å²) in [7, 11) is 0. The van der Waals surface area contributed by atoms with Crippen molar-refractivity contribution in [2.24, 2.45) is 0 Å². The zero-order valence-corrected chi connectivity index (χ0v) is 16.6. The Labute approximate surface area is 168 Å². The van der Waals surface area contributed by atoms with Crippen molar-refractivity contribution in [2.75, 3.05) is 13.2 Å². The van der Waals surface area contributed by atoms with Gasteiger partial charge in [0.1, 0.15) is 5.58 Å². The van der Waals surface area contributed by atoms with Gasteiger partial charge in [-0.2, -0.15) is 0 Å². The van der Waals surface area contributed by atoms with Crippen molar-refractivity contribution in [3.63, 3.8) is 0 Å². The molecule has 3 aromatic rings. The van der Waals surface area contributed by atoms with Crippen LogP contribution in [-0.2, 0) is 4.74 Å². The molecule has 0 aliphatic carbocycles. The van der Waals surface area contributed by atoms with E-state index < -0.39 is 6.04 Å². The summed E-state index contributed by atoms with van der Waals surface area (Å²) in [5.74, 6) is -0.0711. The molecule has 0 saturated carbocycles. The van der Waals surface area contributed by atoms with Crippen LogP contribution in [0.25, 0.3) is 11.0 Å². The molecule has 2 aliphatic rings. The number of nitrogens with zero attached hydrogens (tertiary/aromatic N) is 1. The summed E-state index contributed by atoms with van der Waals surface area (Å²) < 4.78 is 11.8. The van der Waals surface area contributed by atoms with Crippen molar-refractivity contribution in [3.8, 4) is 0 Å². The summed E-state index contributed by atoms with van der Waals surface area (Å²) >= 11 is 0. The quantitative estimate of drug-likeness (QED) is 0.676. The maximum Gasteiger partial charge on any atom is 0.291 e. The number of aryl methyl sites for hydroxylation is 2. The molecule has 5 heteroatoms. The lowest BCUT2D eigenvalue weighted by Crippen LogP contribution is -2.36. The number of hydrogen-bond acceptors (Lipinski definition) is 4. The summed E-state index contributed by atoms with van der Waals surface area (Å²) in [5.41, 5.74) is 3.80. The number of benzene rings is 2. The van der Waals surface area contributed by atoms with E-state index in [-0.39, 0.29) is 23.2 Å². The van der Waals surface area contributed by atoms with Gasteiger partial charge in [-0.3, -0.25) is 9.59 Å². The van der Waals surface area contributed by atoms with Crippen LogP contribution in [-0.4, -0.2) is 30.1 Å². The van der Waals surface area contributed by atoms with Gasteiger partial charge in [0, 0.05) is 13.2 Å². The molecule has 3 heterocycles. The number of rotatable bonds is 3. The Morgan fingerprint density at radius 2 is 1.79 bits per heavy atom. The molecule has 5 nitrogen and oxygen atoms in total. The van der Waals surface area contributed by atoms with Crippen molar-refractivity contribution in [3.05, 3.63) is 80.7 Å². The second-order valence-electron chi connectivity index (χ2n) is 8.08. The predicted octanol–water partition coefficient (Wildman–Crippen LogP) is 4.13. The number of amides is 1. The molecule has 1 saturated heterocycles. The molecule has 2 atom stereocenters. The molecule has 1 fully saturated rings. The van der Waals surface area contributed by atoms with Gasteiger partial charge in [0.25, 0.3) is 5.91 Å². The van der Waals surface area contributed by atoms with E-state index in [0.717, 1.165) is 36.1 Å². The highest BCUT2D eigenvalue weighted by Crippen LogP contribution is 2.39. The van der Waals surface area contributed by atoms with Crippen LogP contribution < -0.4 is 5.43 Å². The third-order valence-electron chi connectivity index (χ3n) is 5.94. The SMILES string of the molecule is Cc1ccc([C@@H]2c3c(oc4cc(C)ccc4c3=O)C(=O)N2C[C@H]2CCCO2)cc1. The van der Waals surface area contributed by atoms with Crippen LogP contribution in [0.3, 0.4) is 0 Å². The fraction of sp³-hybridized carbons (Fsp3) is 0.333. The highest BCUT2D eigenvalue weighted by molar-refractivity contribution is 5.99. The second-order valence-corrected chi connectivity index (χ2v) is 8.08. The van der Waals surface area contributed by atoms with Crippen LogP contribution in [0.5, 0.6) is 0 Å². The van der Waals surface area contributed by atoms with Crippen molar-refractivity contribution < 1.29 is 13.9 Å². The molecule has 2 aromatic carbocycles. The Hall–Kier alpha value is -2.92. The van der Waals surface area contributed by atoms with Gasteiger partial charge < -0.3 is 14.1 Å². The molecule has 0 unspecified atom stereocenters. The van der Waals surface area contributed by atoms with E-state index in [4.69, 9.17) is 9.15 Å². The minimum absolute atomic E-state index is 0.00651. The molecule has 148 valence electrons. The predicted molar refractivity (Wildman–Crippen MR) is 110 cm³/mol. The lowest BCUT2D eigenvalue weighted by Gasteiger charge is -2.27. The Morgan fingerprint density at radius 3 is 2.52 bits per heavy atom. The van der Waals surface area contributed by atoms with Gasteiger partial charge in [-0.25, -0.2) is 0 Å². The number of ether oxygens (including phenoxy) is 1. The Balaban J connectivity index is 1.70. The molecule has 0 N–H and O–H groups in total. The van der Waals surface area contributed by atoms with E-state index in [9.17, 15) is 9.59 Å². The highest BCUT2D eigenvalue weighted by atomic mass is 16.5. The number of hydrogen-bond donors (Lipinski definition) is 0. The van der Waals surface area contributed by atoms with Gasteiger partial charge in [0.2, 0.25) is 5.76 Å². The zero-order valence-electron chi connectivity index (χ0n) is 16.6. The molecular formula is C24H23NO4. The normalized spacial score (nSPS) is 21.2. The monoisotopic (exact) mass is 389 g/mol. The molecule has 0 radical (unpaired) electrons. The maximum absolute atomic E-state index is 13.4. The lowest BCUT2D eigenvalue weighted by atomic mass is 9.97. The average molecular weight is 389 g/mol. The molecule has 5 rings (SSSR count). The molecule has 1 aromatic heterocycles. The first-order valence-electron chi connectivity index (χ1n) is 10.1. The van der Waals surface area contributed by atoms with Gasteiger partial charge in [0.15, 0.2) is 5.43 Å². The zero-order chi connectivity index (χ0) is 20.1. The first-order chi connectivity index (χ1) is 14.0. The van der Waals surface area contributed by atoms with Crippen molar-refractivity contribution in [2.45, 2.75) is 38.8 Å². The smallest absolute Gasteiger partial charge is 0.291 e. The number of carbonyl (C=O) groups excluding carboxylic acids is 1. The van der Waals surface area contributed by atoms with Crippen LogP contribution in [0.4, 0.5) is 0 Å². The Bertz CT molecular complexity index is 1160. The number of fused-ring (bicyclic) bond motifs is 2. The standard InChI is InChI=1S/C24H23NO4/c1-14-5-8-16(9-6-14)21-20-22(26)18-10-7-15(2)12-19(18)29-23(20)24(27)25(21)13-17-4-3-11-28-17/h5-10,12,17,21H,3-4,11,13H2,1-2H3/t17-,21-/m1/s1. The van der Waals surface area contributed by atoms with E-state index in [1.165, 1.54) is 0 Å². The van der Waals surface area contributed by atoms with Crippen LogP contribution in [0.2, 0.25) is 0 Å². The lowest BCUT2D eigenvalue weighted by molar-refractivity contribution is 0.0486. The second kappa shape index (κ2) is 6.85. The van der Waals surface area contributed by atoms with Gasteiger partial charge >= 0.3 is 0 Å². The number of carbonyl (C=O) groups is 1. The fourth-order valence-corrected chi connectivity index (χ4v) is 4.42. The molecule has 0 spiro atoms. The largest absolute Gasteiger partial charge is 0.450 e. The van der Waals surface area contributed by atoms with Crippen LogP contribution in [0.1, 0.15) is 51.7 Å². The molecule has 0 bridgehead atoms. The molecule has 1 amide bonds. The Kier molecular flexibility index (Phi) is 4.28. The van der Waals surface area contributed by atoms with Crippen molar-refractivity contribution in [1.29, 1.82) is 0 Å². The van der Waals surface area contributed by atoms with E-state index in [0.29, 0.717) is 23.1 Å². The summed E-state index contributed by atoms with van der Waals surface area (Å²) in [5, 5.41) is 0.512. The average Bonchev–Trinajstić information content (AvgIpc) is 3.31. The summed E-state index contributed by atoms with van der Waals surface area (Å²) in [6, 6.07) is 13.0. The van der Waals surface area contributed by atoms with Gasteiger partial charge in [0.05, 0.1) is 23.1 Å². The maximum atomic E-state index is 13.4. The highest BCUT2D eigenvalue weighted by Gasteiger charge is 2.43. The van der Waals surface area contributed by atoms with E-state index >= 15 is 0 Å². The summed E-state index contributed by atoms with van der Waals surface area (Å²) in [4.78, 5) is 28.5. The fourth-order valence-electron chi connectivity index (χ4n) is 4.42. The first kappa shape index (κ1) is 18.1. The molecule has 2 aliphatic heterocycles. The minimum Gasteiger partial charge on any atom is -0.450 e. The molecule has 29 heavy (non-hydrogen) atoms. The van der Waals surface area contributed by atoms with Crippen LogP contribution in [0, 0.1) is 13.8 Å². The van der Waals surface area contributed by atoms with Crippen molar-refractivity contribution >= 4 is 16.9 Å². The topological polar surface area (TPSA) is 59.8 Å². The van der Waals surface area contributed by atoms with Gasteiger partial charge in [-0.1, -0.05) is 35.9 Å². The van der Waals surface area contributed by atoms with Gasteiger partial charge in [-0.15, -0.1) is 0 Å². The van der Waals surface area contributed by atoms with E-state index in [1.54, 1.807) is 11.0 Å². The summed E-state index contributed by atoms with van der Waals surface area (Å²) in [6.07, 6.45) is 1.91. The van der Waals surface area contributed by atoms with Gasteiger partial charge in [-0.05, 0) is 49.9 Å². The van der Waals surface area contributed by atoms with E-state index in [2.05, 4.69) is 0 Å². The van der Waals surface area contributed by atoms with Crippen molar-refractivity contribution in [1.82, 2.24) is 4.90 Å². The van der Waals surface area contributed by atoms with Crippen LogP contribution in [0.15, 0.2) is 51.7 Å². The van der Waals surface area contributed by atoms with E-state index in [1.807, 2.05) is 50.2 Å².